The SMILES string of the molecule is N#Cc1ccc([As]C2CC=C(C=O)C2)cc1C(F)(F)F. The third-order valence-corrected chi connectivity index (χ3v) is 5.84. The molecule has 1 atom stereocenters. The minimum atomic E-state index is -4.51. The molecule has 0 aromatic heterocycles. The molecular weight excluding hydrogens is 330 g/mol. The van der Waals surface area contributed by atoms with E-state index in [0.717, 1.165) is 24.3 Å². The van der Waals surface area contributed by atoms with Crippen molar-refractivity contribution < 1.29 is 18.0 Å². The molecule has 1 aliphatic carbocycles. The van der Waals surface area contributed by atoms with Gasteiger partial charge in [0.25, 0.3) is 0 Å². The number of rotatable bonds is 3. The Morgan fingerprint density at radius 3 is 2.70 bits per heavy atom. The van der Waals surface area contributed by atoms with Gasteiger partial charge in [0.2, 0.25) is 0 Å². The number of hydrogen-bond donors (Lipinski definition) is 0. The Morgan fingerprint density at radius 1 is 1.40 bits per heavy atom. The number of carbonyl (C=O) groups excluding carboxylic acids is 1. The standard InChI is InChI=1S/C14H10AsF3NO/c16-14(17,18)13-6-12(4-2-10(13)7-19)15-11-3-1-9(5-11)8-20/h1-2,4,6,8,11H,3,5H2. The van der Waals surface area contributed by atoms with E-state index >= 15 is 0 Å². The summed E-state index contributed by atoms with van der Waals surface area (Å²) in [5, 5.41) is 8.73. The second-order valence-electron chi connectivity index (χ2n) is 4.46. The van der Waals surface area contributed by atoms with Crippen molar-refractivity contribution in [3.63, 3.8) is 0 Å². The summed E-state index contributed by atoms with van der Waals surface area (Å²) in [5.74, 6) is 0. The number of benzene rings is 1. The Kier molecular flexibility index (Phi) is 4.35. The number of carbonyl (C=O) groups is 1. The number of halogens is 3. The van der Waals surface area contributed by atoms with Crippen molar-refractivity contribution in [2.45, 2.75) is 23.7 Å². The molecule has 6 heteroatoms. The summed E-state index contributed by atoms with van der Waals surface area (Å²) in [6, 6.07) is 5.48. The van der Waals surface area contributed by atoms with E-state index in [9.17, 15) is 18.0 Å². The summed E-state index contributed by atoms with van der Waals surface area (Å²) in [6.07, 6.45) is -0.465. The van der Waals surface area contributed by atoms with Gasteiger partial charge in [0, 0.05) is 0 Å². The maximum absolute atomic E-state index is 12.8. The van der Waals surface area contributed by atoms with E-state index in [1.54, 1.807) is 12.1 Å². The molecule has 1 aromatic carbocycles. The number of nitrogens with zero attached hydrogens (tertiary/aromatic N) is 1. The van der Waals surface area contributed by atoms with Crippen LogP contribution in [-0.2, 0) is 11.0 Å². The monoisotopic (exact) mass is 340 g/mol. The van der Waals surface area contributed by atoms with Gasteiger partial charge in [0.05, 0.1) is 0 Å². The summed E-state index contributed by atoms with van der Waals surface area (Å²) in [4.78, 5) is 10.6. The van der Waals surface area contributed by atoms with Crippen molar-refractivity contribution >= 4 is 26.4 Å². The van der Waals surface area contributed by atoms with Crippen molar-refractivity contribution in [2.24, 2.45) is 0 Å². The minimum absolute atomic E-state index is 0.250. The van der Waals surface area contributed by atoms with E-state index < -0.39 is 27.5 Å². The molecule has 2 rings (SSSR count). The van der Waals surface area contributed by atoms with Crippen LogP contribution in [0.3, 0.4) is 0 Å². The average Bonchev–Trinajstić information content (AvgIpc) is 2.85. The molecule has 0 bridgehead atoms. The molecule has 103 valence electrons. The molecule has 20 heavy (non-hydrogen) atoms. The zero-order chi connectivity index (χ0) is 14.8. The molecule has 0 amide bonds. The van der Waals surface area contributed by atoms with E-state index in [1.807, 2.05) is 6.08 Å². The molecule has 1 aliphatic rings. The van der Waals surface area contributed by atoms with Crippen molar-refractivity contribution in [1.29, 1.82) is 5.26 Å². The summed E-state index contributed by atoms with van der Waals surface area (Å²) >= 11 is -0.453. The summed E-state index contributed by atoms with van der Waals surface area (Å²) in [6.45, 7) is 0. The van der Waals surface area contributed by atoms with Crippen LogP contribution in [0.5, 0.6) is 0 Å². The van der Waals surface area contributed by atoms with Gasteiger partial charge >= 0.3 is 120 Å². The third kappa shape index (κ3) is 3.32. The molecular formula is C14H10AsF3NO. The number of nitriles is 1. The number of hydrogen-bond acceptors (Lipinski definition) is 2. The predicted molar refractivity (Wildman–Crippen MR) is 68.7 cm³/mol. The third-order valence-electron chi connectivity index (χ3n) is 3.04. The zero-order valence-electron chi connectivity index (χ0n) is 10.3. The fourth-order valence-corrected chi connectivity index (χ4v) is 4.80. The van der Waals surface area contributed by atoms with Crippen LogP contribution in [-0.4, -0.2) is 22.0 Å². The van der Waals surface area contributed by atoms with Crippen LogP contribution in [0, 0.1) is 11.3 Å². The van der Waals surface area contributed by atoms with Crippen LogP contribution in [0.15, 0.2) is 29.8 Å². The fraction of sp³-hybridized carbons (Fsp3) is 0.286. The molecule has 0 saturated heterocycles. The number of allylic oxidation sites excluding steroid dienone is 2. The summed E-state index contributed by atoms with van der Waals surface area (Å²) in [5.41, 5.74) is -0.482. The second-order valence-corrected chi connectivity index (χ2v) is 7.62. The van der Waals surface area contributed by atoms with E-state index in [1.165, 1.54) is 6.07 Å². The first kappa shape index (κ1) is 14.9. The van der Waals surface area contributed by atoms with E-state index in [2.05, 4.69) is 0 Å². The maximum atomic E-state index is 12.8. The first-order valence-corrected chi connectivity index (χ1v) is 7.92. The first-order chi connectivity index (χ1) is 9.44. The van der Waals surface area contributed by atoms with Crippen LogP contribution in [0.4, 0.5) is 13.2 Å². The van der Waals surface area contributed by atoms with Crippen molar-refractivity contribution in [2.75, 3.05) is 0 Å². The molecule has 1 aromatic rings. The van der Waals surface area contributed by atoms with E-state index in [0.29, 0.717) is 10.8 Å². The molecule has 0 fully saturated rings. The Hall–Kier alpha value is -1.53. The number of aldehydes is 1. The van der Waals surface area contributed by atoms with Crippen LogP contribution >= 0.6 is 0 Å². The van der Waals surface area contributed by atoms with Crippen molar-refractivity contribution in [1.82, 2.24) is 0 Å². The van der Waals surface area contributed by atoms with Gasteiger partial charge in [-0.05, 0) is 0 Å². The van der Waals surface area contributed by atoms with Crippen molar-refractivity contribution in [3.05, 3.63) is 41.0 Å². The van der Waals surface area contributed by atoms with Crippen LogP contribution < -0.4 is 4.35 Å². The quantitative estimate of drug-likeness (QED) is 0.627. The molecule has 0 N–H and O–H groups in total. The molecule has 1 unspecified atom stereocenters. The van der Waals surface area contributed by atoms with Gasteiger partial charge in [0.1, 0.15) is 0 Å². The summed E-state index contributed by atoms with van der Waals surface area (Å²) in [7, 11) is 0. The van der Waals surface area contributed by atoms with Gasteiger partial charge < -0.3 is 0 Å². The first-order valence-electron chi connectivity index (χ1n) is 5.90. The van der Waals surface area contributed by atoms with Crippen LogP contribution in [0.25, 0.3) is 0 Å². The topological polar surface area (TPSA) is 40.9 Å². The average molecular weight is 340 g/mol. The normalized spacial score (nSPS) is 19.1. The Morgan fingerprint density at radius 2 is 2.15 bits per heavy atom. The molecule has 0 spiro atoms. The van der Waals surface area contributed by atoms with E-state index in [-0.39, 0.29) is 10.3 Å². The Bertz CT molecular complexity index is 601. The Balaban J connectivity index is 2.19. The molecule has 0 heterocycles. The van der Waals surface area contributed by atoms with Crippen LogP contribution in [0.2, 0.25) is 4.71 Å². The number of alkyl halides is 3. The second kappa shape index (κ2) is 5.85. The van der Waals surface area contributed by atoms with Gasteiger partial charge in [-0.25, -0.2) is 0 Å². The van der Waals surface area contributed by atoms with Gasteiger partial charge in [0.15, 0.2) is 0 Å². The molecule has 1 radical (unpaired) electrons. The van der Waals surface area contributed by atoms with Crippen LogP contribution in [0.1, 0.15) is 24.0 Å². The van der Waals surface area contributed by atoms with Gasteiger partial charge in [-0.2, -0.15) is 0 Å². The van der Waals surface area contributed by atoms with Gasteiger partial charge in [-0.3, -0.25) is 0 Å². The fourth-order valence-electron chi connectivity index (χ4n) is 2.08. The molecule has 0 aliphatic heterocycles. The summed E-state index contributed by atoms with van der Waals surface area (Å²) < 4.78 is 39.4. The zero-order valence-corrected chi connectivity index (χ0v) is 12.2. The molecule has 0 saturated carbocycles. The predicted octanol–water partition coefficient (Wildman–Crippen LogP) is 2.61. The van der Waals surface area contributed by atoms with E-state index in [4.69, 9.17) is 5.26 Å². The van der Waals surface area contributed by atoms with Crippen molar-refractivity contribution in [3.8, 4) is 6.07 Å². The van der Waals surface area contributed by atoms with Gasteiger partial charge in [-0.15, -0.1) is 0 Å². The van der Waals surface area contributed by atoms with Gasteiger partial charge in [-0.1, -0.05) is 0 Å². The molecule has 2 nitrogen and oxygen atoms in total. The Labute approximate surface area is 121 Å².